The van der Waals surface area contributed by atoms with Gasteiger partial charge in [-0.05, 0) is 33.6 Å². The van der Waals surface area contributed by atoms with E-state index in [9.17, 15) is 8.78 Å². The van der Waals surface area contributed by atoms with Crippen LogP contribution in [0.5, 0.6) is 0 Å². The van der Waals surface area contributed by atoms with Crippen LogP contribution in [0, 0.1) is 11.6 Å². The van der Waals surface area contributed by atoms with E-state index in [-0.39, 0.29) is 11.8 Å². The Morgan fingerprint density at radius 3 is 2.83 bits per heavy atom. The van der Waals surface area contributed by atoms with Gasteiger partial charge in [0.1, 0.15) is 17.5 Å². The summed E-state index contributed by atoms with van der Waals surface area (Å²) in [6.45, 7) is 0.165. The van der Waals surface area contributed by atoms with Crippen molar-refractivity contribution in [3.63, 3.8) is 0 Å². The molecule has 0 aliphatic carbocycles. The van der Waals surface area contributed by atoms with Gasteiger partial charge in [-0.15, -0.1) is 0 Å². The maximum absolute atomic E-state index is 13.4. The van der Waals surface area contributed by atoms with Crippen molar-refractivity contribution in [3.8, 4) is 0 Å². The van der Waals surface area contributed by atoms with E-state index in [0.29, 0.717) is 15.9 Å². The first-order valence-electron chi connectivity index (χ1n) is 4.92. The third-order valence-corrected chi connectivity index (χ3v) is 2.94. The minimum Gasteiger partial charge on any atom is -0.365 e. The topological polar surface area (TPSA) is 37.8 Å². The number of aromatic nitrogens is 2. The van der Waals surface area contributed by atoms with Gasteiger partial charge in [-0.25, -0.2) is 13.8 Å². The van der Waals surface area contributed by atoms with E-state index in [2.05, 4.69) is 31.2 Å². The molecule has 7 heteroatoms. The molecule has 0 saturated heterocycles. The number of benzene rings is 1. The van der Waals surface area contributed by atoms with Crippen LogP contribution in [-0.2, 0) is 6.54 Å². The lowest BCUT2D eigenvalue weighted by atomic mass is 10.2. The van der Waals surface area contributed by atoms with E-state index in [1.165, 1.54) is 18.3 Å². The molecule has 0 fully saturated rings. The van der Waals surface area contributed by atoms with Crippen LogP contribution < -0.4 is 5.32 Å². The van der Waals surface area contributed by atoms with Crippen LogP contribution in [0.1, 0.15) is 5.56 Å². The molecule has 0 radical (unpaired) electrons. The summed E-state index contributed by atoms with van der Waals surface area (Å²) in [5.74, 6) is -0.778. The second-order valence-corrected chi connectivity index (χ2v) is 4.62. The van der Waals surface area contributed by atoms with Crippen molar-refractivity contribution >= 4 is 33.3 Å². The van der Waals surface area contributed by atoms with Crippen LogP contribution in [0.3, 0.4) is 0 Å². The van der Waals surface area contributed by atoms with E-state index in [1.807, 2.05) is 0 Å². The zero-order chi connectivity index (χ0) is 13.1. The predicted octanol–water partition coefficient (Wildman–Crippen LogP) is 3.78. The number of nitrogens with zero attached hydrogens (tertiary/aromatic N) is 2. The van der Waals surface area contributed by atoms with Crippen molar-refractivity contribution in [2.45, 2.75) is 6.54 Å². The van der Waals surface area contributed by atoms with Gasteiger partial charge in [0, 0.05) is 24.4 Å². The summed E-state index contributed by atoms with van der Waals surface area (Å²) in [6, 6.07) is 3.40. The first-order chi connectivity index (χ1) is 8.56. The van der Waals surface area contributed by atoms with Gasteiger partial charge in [-0.1, -0.05) is 6.07 Å². The lowest BCUT2D eigenvalue weighted by Crippen LogP contribution is -2.05. The first-order valence-corrected chi connectivity index (χ1v) is 6.09. The van der Waals surface area contributed by atoms with Gasteiger partial charge in [0.05, 0.1) is 4.47 Å². The lowest BCUT2D eigenvalue weighted by molar-refractivity contribution is 0.574. The molecule has 0 saturated carbocycles. The summed E-state index contributed by atoms with van der Waals surface area (Å²) < 4.78 is 26.7. The maximum Gasteiger partial charge on any atom is 0.224 e. The van der Waals surface area contributed by atoms with Crippen molar-refractivity contribution in [3.05, 3.63) is 51.4 Å². The normalized spacial score (nSPS) is 10.4. The van der Waals surface area contributed by atoms with Crippen LogP contribution in [0.2, 0.25) is 5.28 Å². The van der Waals surface area contributed by atoms with Crippen LogP contribution in [0.4, 0.5) is 14.6 Å². The van der Waals surface area contributed by atoms with Gasteiger partial charge in [0.15, 0.2) is 0 Å². The molecule has 1 N–H and O–H groups in total. The Morgan fingerprint density at radius 1 is 1.33 bits per heavy atom. The molecule has 0 unspecified atom stereocenters. The molecule has 0 aliphatic heterocycles. The number of hydrogen-bond donors (Lipinski definition) is 1. The number of anilines is 1. The maximum atomic E-state index is 13.4. The van der Waals surface area contributed by atoms with Crippen LogP contribution in [0.15, 0.2) is 28.9 Å². The Morgan fingerprint density at radius 2 is 2.11 bits per heavy atom. The van der Waals surface area contributed by atoms with Gasteiger partial charge in [0.2, 0.25) is 5.28 Å². The fraction of sp³-hybridized carbons (Fsp3) is 0.0909. The Balaban J connectivity index is 2.13. The van der Waals surface area contributed by atoms with Crippen LogP contribution in [0.25, 0.3) is 0 Å². The fourth-order valence-corrected chi connectivity index (χ4v) is 1.78. The van der Waals surface area contributed by atoms with Gasteiger partial charge in [-0.3, -0.25) is 0 Å². The average molecular weight is 335 g/mol. The van der Waals surface area contributed by atoms with E-state index in [1.54, 1.807) is 0 Å². The molecule has 1 aromatic heterocycles. The molecule has 94 valence electrons. The van der Waals surface area contributed by atoms with Crippen molar-refractivity contribution in [2.24, 2.45) is 0 Å². The summed E-state index contributed by atoms with van der Waals surface area (Å²) in [7, 11) is 0. The van der Waals surface area contributed by atoms with Crippen LogP contribution in [-0.4, -0.2) is 9.97 Å². The van der Waals surface area contributed by atoms with E-state index < -0.39 is 11.6 Å². The molecule has 1 aromatic carbocycles. The third-order valence-electron chi connectivity index (χ3n) is 2.18. The quantitative estimate of drug-likeness (QED) is 0.868. The Bertz CT molecular complexity index is 580. The largest absolute Gasteiger partial charge is 0.365 e. The Labute approximate surface area is 115 Å². The molecule has 3 nitrogen and oxygen atoms in total. The van der Waals surface area contributed by atoms with Crippen molar-refractivity contribution in [1.82, 2.24) is 9.97 Å². The third kappa shape index (κ3) is 3.14. The molecule has 2 rings (SSSR count). The van der Waals surface area contributed by atoms with Crippen molar-refractivity contribution in [1.29, 1.82) is 0 Å². The molecule has 0 amide bonds. The summed E-state index contributed by atoms with van der Waals surface area (Å²) in [6.07, 6.45) is 1.48. The molecule has 0 aliphatic rings. The zero-order valence-corrected chi connectivity index (χ0v) is 11.3. The number of hydrogen-bond acceptors (Lipinski definition) is 3. The monoisotopic (exact) mass is 333 g/mol. The van der Waals surface area contributed by atoms with Crippen molar-refractivity contribution < 1.29 is 8.78 Å². The summed E-state index contributed by atoms with van der Waals surface area (Å²) >= 11 is 8.88. The molecular formula is C11H7BrClF2N3. The Kier molecular flexibility index (Phi) is 4.08. The number of halogens is 4. The fourth-order valence-electron chi connectivity index (χ4n) is 1.31. The molecular weight excluding hydrogens is 327 g/mol. The van der Waals surface area contributed by atoms with Crippen molar-refractivity contribution in [2.75, 3.05) is 5.32 Å². The highest BCUT2D eigenvalue weighted by molar-refractivity contribution is 9.10. The summed E-state index contributed by atoms with van der Waals surface area (Å²) in [4.78, 5) is 7.70. The van der Waals surface area contributed by atoms with Gasteiger partial charge in [0.25, 0.3) is 0 Å². The lowest BCUT2D eigenvalue weighted by Gasteiger charge is -2.08. The Hall–Kier alpha value is -1.27. The molecule has 2 aromatic rings. The van der Waals surface area contributed by atoms with Gasteiger partial charge >= 0.3 is 0 Å². The predicted molar refractivity (Wildman–Crippen MR) is 68.4 cm³/mol. The molecule has 0 bridgehead atoms. The number of nitrogens with one attached hydrogen (secondary N) is 1. The highest BCUT2D eigenvalue weighted by atomic mass is 79.9. The summed E-state index contributed by atoms with van der Waals surface area (Å²) in [5.41, 5.74) is 0.332. The van der Waals surface area contributed by atoms with Crippen LogP contribution >= 0.6 is 27.5 Å². The number of rotatable bonds is 3. The second kappa shape index (κ2) is 5.58. The standard InChI is InChI=1S/C11H7BrClF2N3/c12-8-5-17-11(13)18-10(8)16-4-6-1-2-7(14)3-9(6)15/h1-3,5H,4H2,(H,16,17,18). The first kappa shape index (κ1) is 13.2. The van der Waals surface area contributed by atoms with Gasteiger partial charge in [-0.2, -0.15) is 4.98 Å². The highest BCUT2D eigenvalue weighted by Gasteiger charge is 2.07. The van der Waals surface area contributed by atoms with E-state index in [4.69, 9.17) is 11.6 Å². The highest BCUT2D eigenvalue weighted by Crippen LogP contribution is 2.21. The minimum atomic E-state index is -0.612. The van der Waals surface area contributed by atoms with E-state index in [0.717, 1.165) is 6.07 Å². The summed E-state index contributed by atoms with van der Waals surface area (Å²) in [5, 5.41) is 2.97. The smallest absolute Gasteiger partial charge is 0.224 e. The minimum absolute atomic E-state index is 0.0836. The molecule has 18 heavy (non-hydrogen) atoms. The molecule has 0 atom stereocenters. The molecule has 0 spiro atoms. The molecule has 1 heterocycles. The van der Waals surface area contributed by atoms with E-state index >= 15 is 0 Å². The van der Waals surface area contributed by atoms with Gasteiger partial charge < -0.3 is 5.32 Å². The average Bonchev–Trinajstić information content (AvgIpc) is 2.32. The second-order valence-electron chi connectivity index (χ2n) is 3.42. The zero-order valence-electron chi connectivity index (χ0n) is 8.92. The SMILES string of the molecule is Fc1ccc(CNc2nc(Cl)ncc2Br)c(F)c1.